The number of fused-ring (bicyclic) bond motifs is 1. The van der Waals surface area contributed by atoms with Crippen LogP contribution >= 0.6 is 0 Å². The van der Waals surface area contributed by atoms with Crippen LogP contribution in [0.15, 0.2) is 48.5 Å². The number of aryl methyl sites for hydroxylation is 1. The average Bonchev–Trinajstić information content (AvgIpc) is 2.67. The molecule has 150 valence electrons. The van der Waals surface area contributed by atoms with Crippen LogP contribution in [-0.2, 0) is 21.2 Å². The van der Waals surface area contributed by atoms with Gasteiger partial charge in [-0.05, 0) is 61.6 Å². The third-order valence-corrected chi connectivity index (χ3v) is 6.16. The van der Waals surface area contributed by atoms with Crippen LogP contribution in [0.1, 0.15) is 36.9 Å². The molecule has 3 rings (SSSR count). The topological polar surface area (TPSA) is 75.7 Å². The first-order chi connectivity index (χ1) is 13.4. The van der Waals surface area contributed by atoms with Crippen LogP contribution in [0.3, 0.4) is 0 Å². The predicted octanol–water partition coefficient (Wildman–Crippen LogP) is 3.05. The maximum atomic E-state index is 12.3. The Kier molecular flexibility index (Phi) is 6.24. The Morgan fingerprint density at radius 1 is 1.18 bits per heavy atom. The number of amides is 1. The maximum Gasteiger partial charge on any atom is 0.258 e. The molecule has 0 radical (unpaired) electrons. The summed E-state index contributed by atoms with van der Waals surface area (Å²) < 4.78 is 30.4. The number of rotatable bonds is 7. The first kappa shape index (κ1) is 20.2. The lowest BCUT2D eigenvalue weighted by atomic mass is 9.88. The molecule has 0 heterocycles. The number of nitrogens with zero attached hydrogens (tertiary/aromatic N) is 1. The van der Waals surface area contributed by atoms with Crippen molar-refractivity contribution in [2.24, 2.45) is 0 Å². The minimum Gasteiger partial charge on any atom is -0.484 e. The lowest BCUT2D eigenvalue weighted by molar-refractivity contribution is -0.123. The van der Waals surface area contributed by atoms with E-state index >= 15 is 0 Å². The van der Waals surface area contributed by atoms with Crippen molar-refractivity contribution in [3.63, 3.8) is 0 Å². The van der Waals surface area contributed by atoms with Gasteiger partial charge in [0.05, 0.1) is 18.0 Å². The fraction of sp³-hybridized carbons (Fsp3) is 0.381. The van der Waals surface area contributed by atoms with Crippen molar-refractivity contribution in [2.45, 2.75) is 32.2 Å². The molecule has 0 saturated carbocycles. The fourth-order valence-corrected chi connectivity index (χ4v) is 4.58. The summed E-state index contributed by atoms with van der Waals surface area (Å²) in [4.78, 5) is 12.3. The van der Waals surface area contributed by atoms with E-state index in [4.69, 9.17) is 4.74 Å². The molecule has 1 N–H and O–H groups in total. The Morgan fingerprint density at radius 3 is 2.57 bits per heavy atom. The van der Waals surface area contributed by atoms with Crippen molar-refractivity contribution in [1.82, 2.24) is 5.32 Å². The van der Waals surface area contributed by atoms with Crippen LogP contribution in [0.4, 0.5) is 5.69 Å². The number of ether oxygens (including phenoxy) is 1. The van der Waals surface area contributed by atoms with E-state index in [9.17, 15) is 13.2 Å². The van der Waals surface area contributed by atoms with Crippen LogP contribution in [0.5, 0.6) is 5.75 Å². The van der Waals surface area contributed by atoms with E-state index in [0.29, 0.717) is 18.0 Å². The van der Waals surface area contributed by atoms with E-state index < -0.39 is 10.0 Å². The van der Waals surface area contributed by atoms with Gasteiger partial charge in [-0.25, -0.2) is 8.42 Å². The molecule has 0 spiro atoms. The number of sulfonamides is 1. The fourth-order valence-electron chi connectivity index (χ4n) is 3.61. The van der Waals surface area contributed by atoms with E-state index in [1.165, 1.54) is 21.7 Å². The van der Waals surface area contributed by atoms with Gasteiger partial charge < -0.3 is 10.1 Å². The SMILES string of the molecule is CCN(c1ccc(OCC(=O)NC2CCCc3ccccc32)cc1)S(C)(=O)=O. The molecule has 1 atom stereocenters. The van der Waals surface area contributed by atoms with Crippen molar-refractivity contribution in [3.05, 3.63) is 59.7 Å². The summed E-state index contributed by atoms with van der Waals surface area (Å²) in [6, 6.07) is 14.9. The molecule has 7 heteroatoms. The first-order valence-electron chi connectivity index (χ1n) is 9.46. The van der Waals surface area contributed by atoms with Crippen LogP contribution < -0.4 is 14.4 Å². The first-order valence-corrected chi connectivity index (χ1v) is 11.3. The third kappa shape index (κ3) is 4.84. The highest BCUT2D eigenvalue weighted by Crippen LogP contribution is 2.29. The Hall–Kier alpha value is -2.54. The largest absolute Gasteiger partial charge is 0.484 e. The van der Waals surface area contributed by atoms with Crippen molar-refractivity contribution < 1.29 is 17.9 Å². The lowest BCUT2D eigenvalue weighted by Gasteiger charge is -2.26. The molecule has 0 bridgehead atoms. The Bertz CT molecular complexity index is 926. The van der Waals surface area contributed by atoms with Gasteiger partial charge in [0.25, 0.3) is 5.91 Å². The number of nitrogens with one attached hydrogen (secondary N) is 1. The molecule has 0 aliphatic heterocycles. The highest BCUT2D eigenvalue weighted by atomic mass is 32.2. The number of carbonyl (C=O) groups is 1. The number of hydrogen-bond acceptors (Lipinski definition) is 4. The molecular formula is C21H26N2O4S. The van der Waals surface area contributed by atoms with Gasteiger partial charge in [-0.2, -0.15) is 0 Å². The predicted molar refractivity (Wildman–Crippen MR) is 110 cm³/mol. The van der Waals surface area contributed by atoms with E-state index in [1.54, 1.807) is 31.2 Å². The van der Waals surface area contributed by atoms with Crippen molar-refractivity contribution in [2.75, 3.05) is 23.7 Å². The highest BCUT2D eigenvalue weighted by Gasteiger charge is 2.21. The van der Waals surface area contributed by atoms with Gasteiger partial charge in [0.2, 0.25) is 10.0 Å². The smallest absolute Gasteiger partial charge is 0.258 e. The van der Waals surface area contributed by atoms with Gasteiger partial charge in [0.1, 0.15) is 5.75 Å². The standard InChI is InChI=1S/C21H26N2O4S/c1-3-23(28(2,25)26)17-11-13-18(14-12-17)27-15-21(24)22-20-10-6-8-16-7-4-5-9-19(16)20/h4-5,7,9,11-14,20H,3,6,8,10,15H2,1-2H3,(H,22,24). The van der Waals surface area contributed by atoms with Gasteiger partial charge in [-0.3, -0.25) is 9.10 Å². The zero-order chi connectivity index (χ0) is 20.1. The number of anilines is 1. The van der Waals surface area contributed by atoms with E-state index in [2.05, 4.69) is 17.4 Å². The third-order valence-electron chi connectivity index (χ3n) is 4.89. The molecular weight excluding hydrogens is 376 g/mol. The average molecular weight is 403 g/mol. The number of carbonyl (C=O) groups excluding carboxylic acids is 1. The highest BCUT2D eigenvalue weighted by molar-refractivity contribution is 7.92. The number of hydrogen-bond donors (Lipinski definition) is 1. The Balaban J connectivity index is 1.57. The van der Waals surface area contributed by atoms with Gasteiger partial charge in [-0.15, -0.1) is 0 Å². The summed E-state index contributed by atoms with van der Waals surface area (Å²) in [7, 11) is -3.32. The van der Waals surface area contributed by atoms with Crippen molar-refractivity contribution in [1.29, 1.82) is 0 Å². The zero-order valence-corrected chi connectivity index (χ0v) is 17.0. The molecule has 1 unspecified atom stereocenters. The quantitative estimate of drug-likeness (QED) is 0.772. The van der Waals surface area contributed by atoms with Crippen molar-refractivity contribution in [3.8, 4) is 5.75 Å². The monoisotopic (exact) mass is 402 g/mol. The second-order valence-electron chi connectivity index (χ2n) is 6.92. The van der Waals surface area contributed by atoms with E-state index in [1.807, 2.05) is 12.1 Å². The van der Waals surface area contributed by atoms with Crippen molar-refractivity contribution >= 4 is 21.6 Å². The molecule has 28 heavy (non-hydrogen) atoms. The Morgan fingerprint density at radius 2 is 1.89 bits per heavy atom. The molecule has 2 aromatic carbocycles. The molecule has 1 aliphatic rings. The van der Waals surface area contributed by atoms with E-state index in [-0.39, 0.29) is 18.6 Å². The molecule has 0 aromatic heterocycles. The normalized spacial score (nSPS) is 16.1. The molecule has 1 aliphatic carbocycles. The number of benzene rings is 2. The second-order valence-corrected chi connectivity index (χ2v) is 8.83. The minimum absolute atomic E-state index is 0.0244. The van der Waals surface area contributed by atoms with Gasteiger partial charge in [0.15, 0.2) is 6.61 Å². The van der Waals surface area contributed by atoms with Crippen LogP contribution in [0.2, 0.25) is 0 Å². The molecule has 2 aromatic rings. The summed E-state index contributed by atoms with van der Waals surface area (Å²) in [5, 5.41) is 3.05. The van der Waals surface area contributed by atoms with Crippen LogP contribution in [0.25, 0.3) is 0 Å². The minimum atomic E-state index is -3.32. The summed E-state index contributed by atoms with van der Waals surface area (Å²) >= 11 is 0. The summed E-state index contributed by atoms with van der Waals surface area (Å²) in [6.45, 7) is 2.05. The zero-order valence-electron chi connectivity index (χ0n) is 16.2. The van der Waals surface area contributed by atoms with Gasteiger partial charge in [0, 0.05) is 6.54 Å². The molecule has 0 fully saturated rings. The second kappa shape index (κ2) is 8.65. The summed E-state index contributed by atoms with van der Waals surface area (Å²) in [5.41, 5.74) is 3.05. The van der Waals surface area contributed by atoms with Gasteiger partial charge in [-0.1, -0.05) is 24.3 Å². The lowest BCUT2D eigenvalue weighted by Crippen LogP contribution is -2.34. The van der Waals surface area contributed by atoms with Crippen LogP contribution in [0, 0.1) is 0 Å². The van der Waals surface area contributed by atoms with Gasteiger partial charge >= 0.3 is 0 Å². The molecule has 0 saturated heterocycles. The maximum absolute atomic E-state index is 12.3. The molecule has 6 nitrogen and oxygen atoms in total. The van der Waals surface area contributed by atoms with Crippen LogP contribution in [-0.4, -0.2) is 33.7 Å². The summed E-state index contributed by atoms with van der Waals surface area (Å²) in [5.74, 6) is 0.351. The Labute approximate surface area is 166 Å². The summed E-state index contributed by atoms with van der Waals surface area (Å²) in [6.07, 6.45) is 4.21. The van der Waals surface area contributed by atoms with E-state index in [0.717, 1.165) is 19.3 Å². The molecule has 1 amide bonds.